The van der Waals surface area contributed by atoms with Gasteiger partial charge in [-0.3, -0.25) is 15.4 Å². The number of nitroso groups, excluding NO2 is 1. The van der Waals surface area contributed by atoms with E-state index in [1.165, 1.54) is 0 Å². The maximum atomic E-state index is 11.4. The van der Waals surface area contributed by atoms with Crippen molar-refractivity contribution < 1.29 is 9.72 Å². The number of anilines is 1. The van der Waals surface area contributed by atoms with Crippen LogP contribution in [0.3, 0.4) is 0 Å². The molecule has 0 aromatic carbocycles. The molecular formula is C6H6ClN5O4S. The van der Waals surface area contributed by atoms with E-state index in [1.54, 1.807) is 0 Å². The first-order chi connectivity index (χ1) is 8.08. The molecule has 0 aliphatic heterocycles. The van der Waals surface area contributed by atoms with Crippen molar-refractivity contribution in [3.05, 3.63) is 21.2 Å². The van der Waals surface area contributed by atoms with Gasteiger partial charge in [0.05, 0.1) is 16.8 Å². The van der Waals surface area contributed by atoms with Crippen LogP contribution in [0, 0.1) is 15.0 Å². The van der Waals surface area contributed by atoms with Crippen molar-refractivity contribution in [3.8, 4) is 0 Å². The van der Waals surface area contributed by atoms with Crippen LogP contribution < -0.4 is 5.32 Å². The van der Waals surface area contributed by atoms with Crippen molar-refractivity contribution in [1.82, 2.24) is 9.99 Å². The summed E-state index contributed by atoms with van der Waals surface area (Å²) in [4.78, 5) is 35.0. The third-order valence-electron chi connectivity index (χ3n) is 1.52. The van der Waals surface area contributed by atoms with Gasteiger partial charge in [0.2, 0.25) is 0 Å². The van der Waals surface area contributed by atoms with Gasteiger partial charge in [-0.1, -0.05) is 0 Å². The summed E-state index contributed by atoms with van der Waals surface area (Å²) in [5.74, 6) is 0.0389. The molecule has 0 bridgehead atoms. The van der Waals surface area contributed by atoms with E-state index in [4.69, 9.17) is 11.6 Å². The Morgan fingerprint density at radius 3 is 2.94 bits per heavy atom. The second kappa shape index (κ2) is 6.06. The standard InChI is InChI=1S/C6H6ClN5O4S/c7-1-2-11(10-14)6(13)9-5-8-3-4(17-5)12(15)16/h3H,1-2H2,(H,8,9,13). The topological polar surface area (TPSA) is 118 Å². The van der Waals surface area contributed by atoms with E-state index in [-0.39, 0.29) is 22.6 Å². The van der Waals surface area contributed by atoms with Gasteiger partial charge in [0.1, 0.15) is 6.20 Å². The Labute approximate surface area is 103 Å². The number of carbonyl (C=O) groups is 1. The average molecular weight is 280 g/mol. The molecule has 11 heteroatoms. The van der Waals surface area contributed by atoms with E-state index in [2.05, 4.69) is 15.6 Å². The van der Waals surface area contributed by atoms with Crippen LogP contribution in [0.4, 0.5) is 14.9 Å². The summed E-state index contributed by atoms with van der Waals surface area (Å²) >= 11 is 6.01. The molecular weight excluding hydrogens is 274 g/mol. The van der Waals surface area contributed by atoms with Crippen LogP contribution in [-0.2, 0) is 0 Å². The number of hydrogen-bond acceptors (Lipinski definition) is 7. The Hall–Kier alpha value is -1.81. The van der Waals surface area contributed by atoms with Crippen molar-refractivity contribution in [3.63, 3.8) is 0 Å². The van der Waals surface area contributed by atoms with Crippen molar-refractivity contribution in [1.29, 1.82) is 0 Å². The molecule has 0 unspecified atom stereocenters. The van der Waals surface area contributed by atoms with Crippen LogP contribution in [0.5, 0.6) is 0 Å². The van der Waals surface area contributed by atoms with Gasteiger partial charge in [-0.15, -0.1) is 16.5 Å². The normalized spacial score (nSPS) is 9.71. The second-order valence-electron chi connectivity index (χ2n) is 2.58. The molecule has 0 aliphatic rings. The number of carbonyl (C=O) groups excluding carboxylic acids is 1. The number of nitro groups is 1. The molecule has 17 heavy (non-hydrogen) atoms. The number of amides is 2. The minimum atomic E-state index is -0.843. The smallest absolute Gasteiger partial charge is 0.282 e. The summed E-state index contributed by atoms with van der Waals surface area (Å²) in [5.41, 5.74) is 0. The largest absolute Gasteiger partial charge is 0.346 e. The Morgan fingerprint density at radius 1 is 1.76 bits per heavy atom. The fourth-order valence-electron chi connectivity index (χ4n) is 0.823. The number of halogens is 1. The highest BCUT2D eigenvalue weighted by molar-refractivity contribution is 7.18. The van der Waals surface area contributed by atoms with Crippen LogP contribution in [-0.4, -0.2) is 33.4 Å². The Balaban J connectivity index is 2.66. The average Bonchev–Trinajstić information content (AvgIpc) is 2.74. The summed E-state index contributed by atoms with van der Waals surface area (Å²) in [7, 11) is 0. The van der Waals surface area contributed by atoms with E-state index in [0.717, 1.165) is 6.20 Å². The zero-order valence-corrected chi connectivity index (χ0v) is 9.77. The van der Waals surface area contributed by atoms with Crippen molar-refractivity contribution in [2.45, 2.75) is 0 Å². The summed E-state index contributed by atoms with van der Waals surface area (Å²) in [5, 5.41) is 15.3. The summed E-state index contributed by atoms with van der Waals surface area (Å²) in [6.07, 6.45) is 1.00. The molecule has 0 atom stereocenters. The number of thiazole rings is 1. The Kier molecular flexibility index (Phi) is 4.72. The Bertz CT molecular complexity index is 438. The molecule has 1 rings (SSSR count). The van der Waals surface area contributed by atoms with E-state index in [1.807, 2.05) is 0 Å². The van der Waals surface area contributed by atoms with Gasteiger partial charge in [-0.2, -0.15) is 5.01 Å². The lowest BCUT2D eigenvalue weighted by atomic mass is 10.7. The number of urea groups is 1. The number of nitrogens with zero attached hydrogens (tertiary/aromatic N) is 4. The van der Waals surface area contributed by atoms with Crippen molar-refractivity contribution in [2.75, 3.05) is 17.7 Å². The van der Waals surface area contributed by atoms with Gasteiger partial charge in [-0.05, 0) is 11.3 Å². The highest BCUT2D eigenvalue weighted by Gasteiger charge is 2.17. The van der Waals surface area contributed by atoms with Gasteiger partial charge in [0.15, 0.2) is 5.13 Å². The van der Waals surface area contributed by atoms with Gasteiger partial charge < -0.3 is 0 Å². The number of aromatic nitrogens is 1. The van der Waals surface area contributed by atoms with Crippen molar-refractivity contribution >= 4 is 39.1 Å². The third-order valence-corrected chi connectivity index (χ3v) is 2.55. The van der Waals surface area contributed by atoms with E-state index in [0.29, 0.717) is 16.3 Å². The molecule has 1 aromatic rings. The molecule has 1 N–H and O–H groups in total. The minimum Gasteiger partial charge on any atom is -0.282 e. The van der Waals surface area contributed by atoms with E-state index in [9.17, 15) is 19.8 Å². The molecule has 0 saturated carbocycles. The first kappa shape index (κ1) is 13.3. The molecule has 0 radical (unpaired) electrons. The maximum Gasteiger partial charge on any atom is 0.346 e. The van der Waals surface area contributed by atoms with Crippen molar-refractivity contribution in [2.24, 2.45) is 5.29 Å². The number of nitrogens with one attached hydrogen (secondary N) is 1. The quantitative estimate of drug-likeness (QED) is 0.381. The monoisotopic (exact) mass is 279 g/mol. The van der Waals surface area contributed by atoms with Gasteiger partial charge in [-0.25, -0.2) is 9.78 Å². The van der Waals surface area contributed by atoms with Gasteiger partial charge in [0, 0.05) is 5.88 Å². The van der Waals surface area contributed by atoms with E-state index < -0.39 is 11.0 Å². The highest BCUT2D eigenvalue weighted by Crippen LogP contribution is 2.25. The fraction of sp³-hybridized carbons (Fsp3) is 0.333. The lowest BCUT2D eigenvalue weighted by Gasteiger charge is -2.10. The first-order valence-corrected chi connectivity index (χ1v) is 5.51. The number of hydrogen-bond donors (Lipinski definition) is 1. The van der Waals surface area contributed by atoms with Crippen LogP contribution in [0.15, 0.2) is 11.5 Å². The predicted molar refractivity (Wildman–Crippen MR) is 61.0 cm³/mol. The molecule has 1 aromatic heterocycles. The zero-order chi connectivity index (χ0) is 12.8. The molecule has 9 nitrogen and oxygen atoms in total. The fourth-order valence-corrected chi connectivity index (χ4v) is 1.61. The number of alkyl halides is 1. The van der Waals surface area contributed by atoms with Crippen LogP contribution in [0.1, 0.15) is 0 Å². The molecule has 92 valence electrons. The van der Waals surface area contributed by atoms with Crippen LogP contribution in [0.2, 0.25) is 0 Å². The number of rotatable bonds is 5. The Morgan fingerprint density at radius 2 is 2.47 bits per heavy atom. The molecule has 0 saturated heterocycles. The maximum absolute atomic E-state index is 11.4. The van der Waals surface area contributed by atoms with Crippen LogP contribution >= 0.6 is 22.9 Å². The molecule has 2 amide bonds. The third kappa shape index (κ3) is 3.60. The molecule has 0 spiro atoms. The summed E-state index contributed by atoms with van der Waals surface area (Å²) in [6, 6.07) is -0.843. The second-order valence-corrected chi connectivity index (χ2v) is 3.97. The summed E-state index contributed by atoms with van der Waals surface area (Å²) in [6.45, 7) is -0.0651. The van der Waals surface area contributed by atoms with Gasteiger partial charge >= 0.3 is 11.0 Å². The SMILES string of the molecule is O=NN(CCCl)C(=O)Nc1ncc([N+](=O)[O-])s1. The molecule has 0 fully saturated rings. The lowest BCUT2D eigenvalue weighted by Crippen LogP contribution is -2.31. The molecule has 1 heterocycles. The highest BCUT2D eigenvalue weighted by atomic mass is 35.5. The summed E-state index contributed by atoms with van der Waals surface area (Å²) < 4.78 is 0. The first-order valence-electron chi connectivity index (χ1n) is 4.16. The van der Waals surface area contributed by atoms with Crippen LogP contribution in [0.25, 0.3) is 0 Å². The minimum absolute atomic E-state index is 0.00456. The zero-order valence-electron chi connectivity index (χ0n) is 8.20. The lowest BCUT2D eigenvalue weighted by molar-refractivity contribution is -0.380. The molecule has 0 aliphatic carbocycles. The predicted octanol–water partition coefficient (Wildman–Crippen LogP) is 1.81. The van der Waals surface area contributed by atoms with Gasteiger partial charge in [0.25, 0.3) is 0 Å². The van der Waals surface area contributed by atoms with E-state index >= 15 is 0 Å².